The minimum Gasteiger partial charge on any atom is -0.383 e. The smallest absolute Gasteiger partial charge is 0.317 e. The average molecular weight is 443 g/mol. The molecule has 1 atom stereocenters. The molecule has 1 aromatic heterocycles. The molecule has 7 nitrogen and oxygen atoms in total. The monoisotopic (exact) mass is 442 g/mol. The Bertz CT molecular complexity index is 896. The fourth-order valence-electron chi connectivity index (χ4n) is 3.41. The Morgan fingerprint density at radius 1 is 1.29 bits per heavy atom. The molecule has 31 heavy (non-hydrogen) atoms. The van der Waals surface area contributed by atoms with Gasteiger partial charge in [-0.25, -0.2) is 9.80 Å². The van der Waals surface area contributed by atoms with Crippen molar-refractivity contribution in [3.05, 3.63) is 57.8 Å². The minimum atomic E-state index is -0.263. The van der Waals surface area contributed by atoms with Gasteiger partial charge in [0.15, 0.2) is 0 Å². The summed E-state index contributed by atoms with van der Waals surface area (Å²) in [6, 6.07) is 11.7. The number of hydrogen-bond acceptors (Lipinski definition) is 5. The third kappa shape index (κ3) is 5.92. The minimum absolute atomic E-state index is 0.0531. The predicted octanol–water partition coefficient (Wildman–Crippen LogP) is 3.80. The van der Waals surface area contributed by atoms with Crippen LogP contribution in [0, 0.1) is 6.92 Å². The topological polar surface area (TPSA) is 74.2 Å². The molecule has 1 aromatic carbocycles. The summed E-state index contributed by atoms with van der Waals surface area (Å²) in [5.74, 6) is -0.208. The summed E-state index contributed by atoms with van der Waals surface area (Å²) in [6.45, 7) is 5.23. The van der Waals surface area contributed by atoms with Gasteiger partial charge >= 0.3 is 6.03 Å². The lowest BCUT2D eigenvalue weighted by Gasteiger charge is -2.27. The average Bonchev–Trinajstić information content (AvgIpc) is 3.45. The third-order valence-electron chi connectivity index (χ3n) is 5.14. The standard InChI is InChI=1S/C23H30N4O3S/c1-4-11-24-23(29)26(12-13-30-3)16-22(28)27-20(18-9-7-17(2)8-10-18)15-19(25-27)21-6-5-14-31-21/h5-10,14,20H,4,11-13,15-16H2,1-3H3,(H,24,29)/t20-/m1/s1. The van der Waals surface area contributed by atoms with Crippen LogP contribution in [0.5, 0.6) is 0 Å². The van der Waals surface area contributed by atoms with Crippen molar-refractivity contribution in [1.82, 2.24) is 15.2 Å². The van der Waals surface area contributed by atoms with Crippen LogP contribution >= 0.6 is 11.3 Å². The lowest BCUT2D eigenvalue weighted by atomic mass is 10.00. The van der Waals surface area contributed by atoms with Crippen LogP contribution in [0.2, 0.25) is 0 Å². The predicted molar refractivity (Wildman–Crippen MR) is 123 cm³/mol. The van der Waals surface area contributed by atoms with Gasteiger partial charge in [-0.1, -0.05) is 42.8 Å². The molecule has 0 saturated heterocycles. The molecule has 2 heterocycles. The van der Waals surface area contributed by atoms with Gasteiger partial charge in [0, 0.05) is 26.6 Å². The van der Waals surface area contributed by atoms with Gasteiger partial charge in [0.25, 0.3) is 5.91 Å². The van der Waals surface area contributed by atoms with Gasteiger partial charge in [-0.2, -0.15) is 5.10 Å². The Morgan fingerprint density at radius 2 is 2.06 bits per heavy atom. The summed E-state index contributed by atoms with van der Waals surface area (Å²) in [6.07, 6.45) is 1.48. The molecule has 2 aromatic rings. The van der Waals surface area contributed by atoms with Crippen molar-refractivity contribution in [3.63, 3.8) is 0 Å². The normalized spacial score (nSPS) is 15.6. The number of amides is 3. The van der Waals surface area contributed by atoms with Gasteiger partial charge in [-0.05, 0) is 30.4 Å². The number of hydrazone groups is 1. The quantitative estimate of drug-likeness (QED) is 0.642. The van der Waals surface area contributed by atoms with E-state index in [1.165, 1.54) is 4.90 Å². The Kier molecular flexibility index (Phi) is 8.20. The number of thiophene rings is 1. The van der Waals surface area contributed by atoms with Crippen molar-refractivity contribution >= 4 is 29.0 Å². The number of aryl methyl sites for hydroxylation is 1. The molecule has 8 heteroatoms. The van der Waals surface area contributed by atoms with E-state index in [0.29, 0.717) is 26.1 Å². The summed E-state index contributed by atoms with van der Waals surface area (Å²) in [5.41, 5.74) is 3.10. The molecule has 1 aliphatic rings. The van der Waals surface area contributed by atoms with Gasteiger partial charge < -0.3 is 15.0 Å². The first-order valence-electron chi connectivity index (χ1n) is 10.5. The second kappa shape index (κ2) is 11.1. The number of rotatable bonds is 9. The first-order valence-corrected chi connectivity index (χ1v) is 11.4. The number of carbonyl (C=O) groups is 2. The van der Waals surface area contributed by atoms with E-state index < -0.39 is 0 Å². The van der Waals surface area contributed by atoms with Crippen LogP contribution in [0.3, 0.4) is 0 Å². The van der Waals surface area contributed by atoms with Gasteiger partial charge in [-0.15, -0.1) is 11.3 Å². The lowest BCUT2D eigenvalue weighted by Crippen LogP contribution is -2.47. The fourth-order valence-corrected chi connectivity index (χ4v) is 4.13. The number of nitrogens with one attached hydrogen (secondary N) is 1. The summed E-state index contributed by atoms with van der Waals surface area (Å²) in [5, 5.41) is 11.1. The van der Waals surface area contributed by atoms with Crippen molar-refractivity contribution < 1.29 is 14.3 Å². The van der Waals surface area contributed by atoms with Crippen LogP contribution in [0.15, 0.2) is 46.9 Å². The highest BCUT2D eigenvalue weighted by molar-refractivity contribution is 7.12. The number of ether oxygens (including phenoxy) is 1. The number of nitrogens with zero attached hydrogens (tertiary/aromatic N) is 3. The van der Waals surface area contributed by atoms with E-state index >= 15 is 0 Å². The van der Waals surface area contributed by atoms with Crippen LogP contribution < -0.4 is 5.32 Å². The molecule has 3 amide bonds. The molecule has 0 saturated carbocycles. The van der Waals surface area contributed by atoms with Crippen molar-refractivity contribution in [3.8, 4) is 0 Å². The zero-order chi connectivity index (χ0) is 22.2. The maximum Gasteiger partial charge on any atom is 0.317 e. The van der Waals surface area contributed by atoms with E-state index in [2.05, 4.69) is 10.4 Å². The van der Waals surface area contributed by atoms with E-state index in [0.717, 1.165) is 28.1 Å². The zero-order valence-corrected chi connectivity index (χ0v) is 19.2. The van der Waals surface area contributed by atoms with E-state index in [1.807, 2.05) is 55.6 Å². The van der Waals surface area contributed by atoms with Gasteiger partial charge in [-0.3, -0.25) is 4.79 Å². The highest BCUT2D eigenvalue weighted by Crippen LogP contribution is 2.34. The molecular weight excluding hydrogens is 412 g/mol. The van der Waals surface area contributed by atoms with Crippen LogP contribution in [0.25, 0.3) is 0 Å². The van der Waals surface area contributed by atoms with Gasteiger partial charge in [0.1, 0.15) is 6.54 Å². The van der Waals surface area contributed by atoms with Crippen molar-refractivity contribution in [1.29, 1.82) is 0 Å². The molecule has 0 bridgehead atoms. The first-order chi connectivity index (χ1) is 15.0. The summed E-state index contributed by atoms with van der Waals surface area (Å²) >= 11 is 1.61. The molecule has 166 valence electrons. The SMILES string of the molecule is CCCNC(=O)N(CCOC)CC(=O)N1N=C(c2cccs2)C[C@@H]1c1ccc(C)cc1. The Labute approximate surface area is 187 Å². The Balaban J connectivity index is 1.82. The van der Waals surface area contributed by atoms with Crippen molar-refractivity contribution in [2.24, 2.45) is 5.10 Å². The molecule has 0 fully saturated rings. The van der Waals surface area contributed by atoms with E-state index in [4.69, 9.17) is 4.74 Å². The van der Waals surface area contributed by atoms with Crippen molar-refractivity contribution in [2.75, 3.05) is 33.4 Å². The first kappa shape index (κ1) is 23.0. The molecule has 0 radical (unpaired) electrons. The van der Waals surface area contributed by atoms with Crippen LogP contribution in [-0.4, -0.2) is 60.9 Å². The van der Waals surface area contributed by atoms with Gasteiger partial charge in [0.05, 0.1) is 23.2 Å². The molecule has 0 spiro atoms. The number of benzene rings is 1. The molecule has 0 aliphatic carbocycles. The summed E-state index contributed by atoms with van der Waals surface area (Å²) in [4.78, 5) is 28.4. The lowest BCUT2D eigenvalue weighted by molar-refractivity contribution is -0.133. The molecule has 0 unspecified atom stereocenters. The van der Waals surface area contributed by atoms with Crippen molar-refractivity contribution in [2.45, 2.75) is 32.7 Å². The fraction of sp³-hybridized carbons (Fsp3) is 0.435. The summed E-state index contributed by atoms with van der Waals surface area (Å²) < 4.78 is 5.13. The molecular formula is C23H30N4O3S. The number of methoxy groups -OCH3 is 1. The van der Waals surface area contributed by atoms with E-state index in [1.54, 1.807) is 23.5 Å². The highest BCUT2D eigenvalue weighted by atomic mass is 32.1. The van der Waals surface area contributed by atoms with E-state index in [9.17, 15) is 9.59 Å². The van der Waals surface area contributed by atoms with Crippen LogP contribution in [0.4, 0.5) is 4.79 Å². The molecule has 3 rings (SSSR count). The highest BCUT2D eigenvalue weighted by Gasteiger charge is 2.34. The second-order valence-corrected chi connectivity index (χ2v) is 8.49. The Morgan fingerprint density at radius 3 is 2.71 bits per heavy atom. The maximum atomic E-state index is 13.3. The second-order valence-electron chi connectivity index (χ2n) is 7.54. The molecule has 1 aliphatic heterocycles. The molecule has 1 N–H and O–H groups in total. The number of urea groups is 1. The van der Waals surface area contributed by atoms with E-state index in [-0.39, 0.29) is 24.5 Å². The number of carbonyl (C=O) groups excluding carboxylic acids is 2. The Hall–Kier alpha value is -2.71. The van der Waals surface area contributed by atoms with Gasteiger partial charge in [0.2, 0.25) is 0 Å². The third-order valence-corrected chi connectivity index (χ3v) is 6.06. The van der Waals surface area contributed by atoms with Crippen LogP contribution in [0.1, 0.15) is 41.8 Å². The maximum absolute atomic E-state index is 13.3. The van der Waals surface area contributed by atoms with Crippen LogP contribution in [-0.2, 0) is 9.53 Å². The largest absolute Gasteiger partial charge is 0.383 e. The summed E-state index contributed by atoms with van der Waals surface area (Å²) in [7, 11) is 1.58. The zero-order valence-electron chi connectivity index (χ0n) is 18.3. The number of hydrogen-bond donors (Lipinski definition) is 1.